The van der Waals surface area contributed by atoms with E-state index in [2.05, 4.69) is 113 Å². The average Bonchev–Trinajstić information content (AvgIpc) is 1.58. The minimum absolute atomic E-state index is 0. The number of hydrogen-bond acceptors (Lipinski definition) is 28. The van der Waals surface area contributed by atoms with Crippen LogP contribution in [0.1, 0.15) is 236 Å². The zero-order chi connectivity index (χ0) is 103. The van der Waals surface area contributed by atoms with Crippen molar-refractivity contribution in [1.29, 1.82) is 0 Å². The predicted molar refractivity (Wildman–Crippen MR) is 534 cm³/mol. The first-order chi connectivity index (χ1) is 64.3. The van der Waals surface area contributed by atoms with Crippen molar-refractivity contribution < 1.29 is 173 Å². The molecule has 3 aromatic carbocycles. The molecule has 15 atom stereocenters. The Morgan fingerprint density at radius 3 is 1.01 bits per heavy atom. The van der Waals surface area contributed by atoms with Crippen LogP contribution in [-0.4, -0.2) is 204 Å². The van der Waals surface area contributed by atoms with E-state index in [1.54, 1.807) is 74.4 Å². The maximum Gasteiger partial charge on any atom is 1.00 e. The summed E-state index contributed by atoms with van der Waals surface area (Å²) >= 11 is 38.3. The number of nitrogens with two attached hydrogens (primary N) is 1. The van der Waals surface area contributed by atoms with Gasteiger partial charge < -0.3 is 115 Å². The molecule has 2 amide bonds. The predicted octanol–water partition coefficient (Wildman–Crippen LogP) is 16.2. The van der Waals surface area contributed by atoms with Gasteiger partial charge >= 0.3 is 93.4 Å². The number of carbonyl (C=O) groups excluding carboxylic acids is 4. The number of benzene rings is 3. The van der Waals surface area contributed by atoms with Crippen molar-refractivity contribution in [2.45, 2.75) is 353 Å². The first-order valence-corrected chi connectivity index (χ1v) is 54.5. The van der Waals surface area contributed by atoms with Crippen LogP contribution < -0.4 is 90.0 Å². The number of carbonyl (C=O) groups is 4. The summed E-state index contributed by atoms with van der Waals surface area (Å²) < 4.78 is 102. The van der Waals surface area contributed by atoms with E-state index >= 15 is 0 Å². The number of aromatic nitrogens is 9. The van der Waals surface area contributed by atoms with Crippen molar-refractivity contribution in [3.63, 3.8) is 0 Å². The summed E-state index contributed by atoms with van der Waals surface area (Å²) in [6, 6.07) is 20.5. The quantitative estimate of drug-likeness (QED) is 0.0171. The second-order valence-electron chi connectivity index (χ2n) is 43.6. The molecule has 6 aliphatic heterocycles. The van der Waals surface area contributed by atoms with Crippen molar-refractivity contribution in [3.05, 3.63) is 174 Å². The first-order valence-electron chi connectivity index (χ1n) is 46.4. The fraction of sp³-hybridized carbons (Fsp3) is 0.592. The molecule has 9 aromatic rings. The molecule has 6 saturated heterocycles. The minimum Gasteiger partial charge on any atom is -1.00 e. The molecule has 0 radical (unpaired) electrons. The van der Waals surface area contributed by atoms with Crippen molar-refractivity contribution in [1.82, 2.24) is 54.2 Å². The van der Waals surface area contributed by atoms with Crippen molar-refractivity contribution in [2.24, 2.45) is 5.73 Å². The third kappa shape index (κ3) is 29.4. The van der Waals surface area contributed by atoms with E-state index < -0.39 is 167 Å². The number of nitrogens with zero attached hydrogens (tertiary/aromatic N) is 9. The zero-order valence-electron chi connectivity index (χ0n) is 85.7. The Labute approximate surface area is 915 Å². The van der Waals surface area contributed by atoms with Gasteiger partial charge in [-0.1, -0.05) is 129 Å². The summed E-state index contributed by atoms with van der Waals surface area (Å²) in [5.41, 5.74) is 11.2. The van der Waals surface area contributed by atoms with Crippen molar-refractivity contribution in [3.8, 4) is 0 Å². The van der Waals surface area contributed by atoms with Gasteiger partial charge in [0.25, 0.3) is 0 Å². The molecule has 770 valence electrons. The number of aliphatic hydroxyl groups excluding tert-OH is 1. The van der Waals surface area contributed by atoms with E-state index in [4.69, 9.17) is 146 Å². The van der Waals surface area contributed by atoms with Gasteiger partial charge in [-0.3, -0.25) is 0 Å². The second-order valence-corrected chi connectivity index (χ2v) is 55.6. The normalized spacial score (nSPS) is 23.1. The van der Waals surface area contributed by atoms with Gasteiger partial charge in [0.1, 0.15) is 129 Å². The van der Waals surface area contributed by atoms with E-state index in [1.165, 1.54) is 19.0 Å². The number of amides is 2. The molecule has 6 aliphatic rings. The van der Waals surface area contributed by atoms with E-state index in [0.29, 0.717) is 90.7 Å². The molecule has 6 fully saturated rings. The molecule has 6 aromatic heterocycles. The average molecular weight is 2240 g/mol. The molecular formula is C98H134Cl6CsFN12O21Si2. The largest absolute Gasteiger partial charge is 1.00 e. The third-order valence-electron chi connectivity index (χ3n) is 24.7. The maximum absolute atomic E-state index is 13.4. The van der Waals surface area contributed by atoms with E-state index in [9.17, 15) is 24.3 Å². The van der Waals surface area contributed by atoms with Gasteiger partial charge in [0, 0.05) is 53.5 Å². The van der Waals surface area contributed by atoms with Crippen LogP contribution in [0.5, 0.6) is 0 Å². The van der Waals surface area contributed by atoms with Crippen LogP contribution in [0.2, 0.25) is 66.8 Å². The summed E-state index contributed by atoms with van der Waals surface area (Å²) in [4.78, 5) is 74.2. The summed E-state index contributed by atoms with van der Waals surface area (Å²) in [5.74, 6) is -2.60. The maximum atomic E-state index is 13.4. The zero-order valence-corrected chi connectivity index (χ0v) is 98.5. The standard InChI is InChI=1S/C33H46Cl2N4O6Si.C28H38Cl2N4O4Si.C27H32Cl2N4O6.C10H18O5.Cs.FH/c1-31(2,3)45-30(40)38-23(21-12-11-20(34)17-19(21)14-16-41-46(9,10)32(4,5)6)24-25-26(44-33(7,8)43-25)29(42-24)39-15-13-22-27(35)36-18-37-28(22)39;1-27(2,3)39(6,7)35-13-11-16-14-17(29)8-9-18(16)20(31)21-22-23(38-28(4,5)37-22)26(36-21)34-12-10-19-24(30)32-15-33-25(19)34;1-26(2,3)39-25(35)32-18(16-7-6-15(28)12-14(16)9-11-34)19-20-21(38-27(4,5)37-20)24(36-19)33-10-8-17-22(29)30-13-31-23(17)33;1-9(2,3)14-7(11)13-8(12)15-10(4,5)6;;/h11-13,15,17-18,23-26,29H,14,16H2,1-10H3,(H,38,40);8-10,12,14-15,20-23,26H,11,13,31H2,1-7H3;6-8,10,12-13,18-21,24,34H,9,11H2,1-5H3,(H,32,35);1-6H3;;1H/q;;;;+1;/p-1/t23-,24-,25-,26-,29-;20-,21-,22-,23-,26-;18-,19-,20-,21-,24-;;;/m111.../s1. The molecule has 0 saturated carbocycles. The smallest absolute Gasteiger partial charge is 1.00 e. The molecule has 12 heterocycles. The Morgan fingerprint density at radius 2 is 0.709 bits per heavy atom. The van der Waals surface area contributed by atoms with Crippen LogP contribution >= 0.6 is 69.6 Å². The summed E-state index contributed by atoms with van der Waals surface area (Å²) in [6.45, 7) is 55.4. The molecule has 43 heteroatoms. The van der Waals surface area contributed by atoms with E-state index in [-0.39, 0.29) is 96.4 Å². The van der Waals surface area contributed by atoms with Gasteiger partial charge in [0.2, 0.25) is 0 Å². The van der Waals surface area contributed by atoms with E-state index in [0.717, 1.165) is 38.8 Å². The number of rotatable bonds is 21. The monoisotopic (exact) mass is 2230 g/mol. The van der Waals surface area contributed by atoms with Crippen LogP contribution in [-0.2, 0) is 94.4 Å². The van der Waals surface area contributed by atoms with Crippen LogP contribution in [0, 0.1) is 0 Å². The molecular weight excluding hydrogens is 2100 g/mol. The van der Waals surface area contributed by atoms with Gasteiger partial charge in [-0.2, -0.15) is 0 Å². The Morgan fingerprint density at radius 1 is 0.426 bits per heavy atom. The number of halogens is 7. The first kappa shape index (κ1) is 117. The van der Waals surface area contributed by atoms with Crippen LogP contribution in [0.4, 0.5) is 19.2 Å². The Kier molecular flexibility index (Phi) is 38.2. The number of ether oxygens (including phenoxy) is 14. The van der Waals surface area contributed by atoms with Crippen molar-refractivity contribution >= 4 is 144 Å². The molecule has 33 nitrogen and oxygen atoms in total. The second kappa shape index (κ2) is 45.9. The Balaban J connectivity index is 0.000000202. The number of alkyl carbamates (subject to hydrolysis) is 2. The molecule has 15 rings (SSSR count). The fourth-order valence-corrected chi connectivity index (χ4v) is 20.0. The summed E-state index contributed by atoms with van der Waals surface area (Å²) in [7, 11) is -3.89. The Bertz CT molecular complexity index is 5860. The SMILES string of the molecule is CC(C)(C)OC(=O)N[C@H](c1ccc(Cl)cc1CCO)[C@H]1O[C@@H](n2ccc3c(Cl)ncnc32)[C@@H]2OC(C)(C)O[C@@H]21.CC(C)(C)OC(=O)N[C@H](c1ccc(Cl)cc1CCO[Si](C)(C)C(C)(C)C)[C@H]1O[C@@H](n2ccc3c(Cl)ncnc32)[C@@H]2OC(C)(C)O[C@@H]21.CC(C)(C)OC(=O)OC(=O)OC(C)(C)C.CC1(C)O[C@H]2[C@@H](O1)[C@H](n1ccc3c(Cl)ncnc31)O[C@@H]2[C@H](N)c1ccc(Cl)cc1CCO[Si](C)(C)C(C)(C)C.[Cs+].[F-]. The number of nitrogens with one attached hydrogen (secondary N) is 2. The fourth-order valence-electron chi connectivity index (χ4n) is 16.8. The number of hydrogen-bond donors (Lipinski definition) is 4. The Hall–Kier alpha value is -5.56. The molecule has 5 N–H and O–H groups in total. The molecule has 0 bridgehead atoms. The van der Waals surface area contributed by atoms with E-state index in [1.807, 2.05) is 155 Å². The van der Waals surface area contributed by atoms with Crippen molar-refractivity contribution in [2.75, 3.05) is 19.8 Å². The number of fused-ring (bicyclic) bond motifs is 6. The van der Waals surface area contributed by atoms with Gasteiger partial charge in [0.15, 0.2) is 52.7 Å². The number of aliphatic hydroxyl groups is 1. The summed E-state index contributed by atoms with van der Waals surface area (Å²) in [6.07, 6.45) is 1.48. The van der Waals surface area contributed by atoms with Crippen LogP contribution in [0.15, 0.2) is 110 Å². The third-order valence-corrected chi connectivity index (χ3v) is 35.4. The topological polar surface area (TPSA) is 378 Å². The van der Waals surface area contributed by atoms with Gasteiger partial charge in [-0.05, 0) is 268 Å². The molecule has 0 aliphatic carbocycles. The molecule has 141 heavy (non-hydrogen) atoms. The van der Waals surface area contributed by atoms with Gasteiger partial charge in [-0.15, -0.1) is 0 Å². The van der Waals surface area contributed by atoms with Gasteiger partial charge in [0.05, 0.1) is 34.3 Å². The minimum atomic E-state index is -2.00. The summed E-state index contributed by atoms with van der Waals surface area (Å²) in [5, 5.41) is 21.0. The van der Waals surface area contributed by atoms with Gasteiger partial charge in [-0.25, -0.2) is 49.1 Å². The van der Waals surface area contributed by atoms with Crippen LogP contribution in [0.3, 0.4) is 0 Å². The molecule has 0 unspecified atom stereocenters. The molecule has 0 spiro atoms. The van der Waals surface area contributed by atoms with Crippen LogP contribution in [0.25, 0.3) is 33.1 Å².